The van der Waals surface area contributed by atoms with Gasteiger partial charge in [0.15, 0.2) is 0 Å². The Labute approximate surface area is 151 Å². The molecule has 1 amide bonds. The molecule has 0 radical (unpaired) electrons. The third-order valence-electron chi connectivity index (χ3n) is 4.51. The molecule has 1 aromatic rings. The number of nitrogens with zero attached hydrogens (tertiary/aromatic N) is 2. The monoisotopic (exact) mass is 371 g/mol. The van der Waals surface area contributed by atoms with Gasteiger partial charge in [0.05, 0.1) is 17.1 Å². The van der Waals surface area contributed by atoms with Crippen LogP contribution in [0.25, 0.3) is 0 Å². The number of nitrogens with one attached hydrogen (secondary N) is 1. The van der Waals surface area contributed by atoms with Crippen LogP contribution in [-0.4, -0.2) is 58.7 Å². The van der Waals surface area contributed by atoms with Gasteiger partial charge in [-0.3, -0.25) is 14.9 Å². The highest BCUT2D eigenvalue weighted by Crippen LogP contribution is 2.22. The molecule has 25 heavy (non-hydrogen) atoms. The molecule has 2 fully saturated rings. The van der Waals surface area contributed by atoms with Crippen LogP contribution in [0.4, 0.5) is 5.69 Å². The first-order chi connectivity index (χ1) is 11.5. The van der Waals surface area contributed by atoms with Crippen LogP contribution in [0, 0.1) is 10.1 Å². The van der Waals surface area contributed by atoms with Crippen LogP contribution < -0.4 is 10.1 Å². The molecule has 0 spiro atoms. The van der Waals surface area contributed by atoms with Crippen LogP contribution in [0.1, 0.15) is 19.3 Å². The highest BCUT2D eigenvalue weighted by Gasteiger charge is 2.33. The Bertz CT molecular complexity index is 604. The molecule has 2 atom stereocenters. The van der Waals surface area contributed by atoms with Gasteiger partial charge >= 0.3 is 0 Å². The lowest BCUT2D eigenvalue weighted by atomic mass is 10.1. The van der Waals surface area contributed by atoms with E-state index < -0.39 is 11.0 Å². The van der Waals surface area contributed by atoms with Crippen LogP contribution in [0.5, 0.6) is 5.75 Å². The fourth-order valence-corrected chi connectivity index (χ4v) is 3.16. The summed E-state index contributed by atoms with van der Waals surface area (Å²) in [4.78, 5) is 24.4. The van der Waals surface area contributed by atoms with Crippen molar-refractivity contribution >= 4 is 24.0 Å². The number of piperidine rings is 1. The van der Waals surface area contributed by atoms with Crippen LogP contribution in [0.2, 0.25) is 0 Å². The molecule has 2 heterocycles. The number of aliphatic hydroxyl groups excluding tert-OH is 1. The third kappa shape index (κ3) is 4.81. The summed E-state index contributed by atoms with van der Waals surface area (Å²) in [7, 11) is 0. The fourth-order valence-electron chi connectivity index (χ4n) is 3.16. The molecule has 2 aliphatic rings. The number of nitro benzene ring substituents is 1. The summed E-state index contributed by atoms with van der Waals surface area (Å²) < 4.78 is 5.84. The number of amides is 1. The van der Waals surface area contributed by atoms with Crippen molar-refractivity contribution in [3.05, 3.63) is 34.4 Å². The number of rotatable bonds is 4. The summed E-state index contributed by atoms with van der Waals surface area (Å²) in [5.41, 5.74) is 0.0361. The lowest BCUT2D eigenvalue weighted by molar-refractivity contribution is -0.384. The largest absolute Gasteiger partial charge is 0.490 e. The average molecular weight is 372 g/mol. The van der Waals surface area contributed by atoms with E-state index in [0.717, 1.165) is 12.8 Å². The van der Waals surface area contributed by atoms with E-state index >= 15 is 0 Å². The van der Waals surface area contributed by atoms with Gasteiger partial charge in [0, 0.05) is 44.6 Å². The number of likely N-dealkylation sites (tertiary alicyclic amines) is 1. The summed E-state index contributed by atoms with van der Waals surface area (Å²) in [5.74, 6) is 0.645. The molecule has 0 saturated carbocycles. The maximum absolute atomic E-state index is 12.4. The molecule has 2 unspecified atom stereocenters. The number of carbonyl (C=O) groups is 1. The first-order valence-corrected chi connectivity index (χ1v) is 8.14. The highest BCUT2D eigenvalue weighted by atomic mass is 35.5. The normalized spacial score (nSPS) is 23.8. The molecule has 0 aromatic heterocycles. The standard InChI is InChI=1S/C16H21N3O5.ClH/c20-12-9-15(17-10-12)16(21)18-7-5-14(6-8-18)24-13-3-1-11(2-4-13)19(22)23;/h1-4,12,14-15,17,20H,5-10H2;1H. The SMILES string of the molecule is Cl.O=C(C1CC(O)CN1)N1CCC(Oc2ccc([N+](=O)[O-])cc2)CC1. The van der Waals surface area contributed by atoms with Crippen molar-refractivity contribution in [2.24, 2.45) is 0 Å². The minimum atomic E-state index is -0.443. The molecule has 9 heteroatoms. The number of β-amino-alcohol motifs (C(OH)–C–C–N with tert-alkyl or cyclic N) is 1. The van der Waals surface area contributed by atoms with E-state index in [1.165, 1.54) is 12.1 Å². The zero-order valence-corrected chi connectivity index (χ0v) is 14.5. The van der Waals surface area contributed by atoms with Crippen molar-refractivity contribution in [3.63, 3.8) is 0 Å². The summed E-state index contributed by atoms with van der Waals surface area (Å²) >= 11 is 0. The van der Waals surface area contributed by atoms with E-state index in [-0.39, 0.29) is 36.1 Å². The first-order valence-electron chi connectivity index (χ1n) is 8.14. The Kier molecular flexibility index (Phi) is 6.57. The maximum atomic E-state index is 12.4. The second-order valence-corrected chi connectivity index (χ2v) is 6.24. The number of halogens is 1. The molecule has 2 N–H and O–H groups in total. The van der Waals surface area contributed by atoms with Crippen LogP contribution in [-0.2, 0) is 4.79 Å². The lowest BCUT2D eigenvalue weighted by Gasteiger charge is -2.33. The zero-order valence-electron chi connectivity index (χ0n) is 13.7. The fraction of sp³-hybridized carbons (Fsp3) is 0.562. The second-order valence-electron chi connectivity index (χ2n) is 6.24. The number of ether oxygens (including phenoxy) is 1. The Morgan fingerprint density at radius 3 is 2.44 bits per heavy atom. The van der Waals surface area contributed by atoms with E-state index in [0.29, 0.717) is 31.8 Å². The van der Waals surface area contributed by atoms with Crippen molar-refractivity contribution in [3.8, 4) is 5.75 Å². The number of hydrogen-bond acceptors (Lipinski definition) is 6. The third-order valence-corrected chi connectivity index (χ3v) is 4.51. The van der Waals surface area contributed by atoms with Gasteiger partial charge in [0.2, 0.25) is 5.91 Å². The number of benzene rings is 1. The van der Waals surface area contributed by atoms with Crippen LogP contribution >= 0.6 is 12.4 Å². The van der Waals surface area contributed by atoms with Gasteiger partial charge in [-0.2, -0.15) is 0 Å². The predicted molar refractivity (Wildman–Crippen MR) is 93.0 cm³/mol. The van der Waals surface area contributed by atoms with Gasteiger partial charge in [-0.25, -0.2) is 0 Å². The Morgan fingerprint density at radius 1 is 1.28 bits per heavy atom. The highest BCUT2D eigenvalue weighted by molar-refractivity contribution is 5.85. The van der Waals surface area contributed by atoms with Gasteiger partial charge < -0.3 is 20.1 Å². The van der Waals surface area contributed by atoms with Crippen LogP contribution in [0.15, 0.2) is 24.3 Å². The first kappa shape index (κ1) is 19.4. The molecule has 138 valence electrons. The van der Waals surface area contributed by atoms with E-state index in [2.05, 4.69) is 5.32 Å². The summed E-state index contributed by atoms with van der Waals surface area (Å²) in [6, 6.07) is 5.75. The Morgan fingerprint density at radius 2 is 1.92 bits per heavy atom. The van der Waals surface area contributed by atoms with Crippen molar-refractivity contribution in [2.75, 3.05) is 19.6 Å². The van der Waals surface area contributed by atoms with E-state index in [9.17, 15) is 20.0 Å². The molecule has 3 rings (SSSR count). The molecule has 8 nitrogen and oxygen atoms in total. The summed E-state index contributed by atoms with van der Waals surface area (Å²) in [6.07, 6.45) is 1.47. The minimum absolute atomic E-state index is 0. The molecule has 2 saturated heterocycles. The van der Waals surface area contributed by atoms with E-state index in [1.807, 2.05) is 4.90 Å². The Balaban J connectivity index is 0.00000225. The molecule has 1 aromatic carbocycles. The summed E-state index contributed by atoms with van der Waals surface area (Å²) in [5, 5.41) is 23.2. The predicted octanol–water partition coefficient (Wildman–Crippen LogP) is 1.11. The van der Waals surface area contributed by atoms with E-state index in [4.69, 9.17) is 4.74 Å². The number of aliphatic hydroxyl groups is 1. The number of carbonyl (C=O) groups excluding carboxylic acids is 1. The average Bonchev–Trinajstić information content (AvgIpc) is 3.02. The lowest BCUT2D eigenvalue weighted by Crippen LogP contribution is -2.48. The van der Waals surface area contributed by atoms with E-state index in [1.54, 1.807) is 12.1 Å². The quantitative estimate of drug-likeness (QED) is 0.606. The molecule has 0 bridgehead atoms. The number of non-ortho nitro benzene ring substituents is 1. The van der Waals surface area contributed by atoms with Gasteiger partial charge in [-0.05, 0) is 18.6 Å². The molecule has 2 aliphatic heterocycles. The maximum Gasteiger partial charge on any atom is 0.269 e. The van der Waals surface area contributed by atoms with Gasteiger partial charge in [-0.1, -0.05) is 0 Å². The number of nitro groups is 1. The second kappa shape index (κ2) is 8.46. The molecule has 0 aliphatic carbocycles. The number of hydrogen-bond donors (Lipinski definition) is 2. The van der Waals surface area contributed by atoms with Gasteiger partial charge in [-0.15, -0.1) is 12.4 Å². The topological polar surface area (TPSA) is 105 Å². The van der Waals surface area contributed by atoms with Crippen molar-refractivity contribution < 1.29 is 19.6 Å². The van der Waals surface area contributed by atoms with Crippen LogP contribution in [0.3, 0.4) is 0 Å². The van der Waals surface area contributed by atoms with Crippen molar-refractivity contribution in [1.82, 2.24) is 10.2 Å². The smallest absolute Gasteiger partial charge is 0.269 e. The Hall–Kier alpha value is -1.90. The van der Waals surface area contributed by atoms with Crippen molar-refractivity contribution in [1.29, 1.82) is 0 Å². The van der Waals surface area contributed by atoms with Crippen molar-refractivity contribution in [2.45, 2.75) is 37.5 Å². The minimum Gasteiger partial charge on any atom is -0.490 e. The molecular formula is C16H22ClN3O5. The van der Waals surface area contributed by atoms with Gasteiger partial charge in [0.25, 0.3) is 5.69 Å². The molecular weight excluding hydrogens is 350 g/mol. The summed E-state index contributed by atoms with van der Waals surface area (Å²) in [6.45, 7) is 1.70. The zero-order chi connectivity index (χ0) is 17.1. The van der Waals surface area contributed by atoms with Gasteiger partial charge in [0.1, 0.15) is 11.9 Å².